The van der Waals surface area contributed by atoms with Crippen molar-refractivity contribution < 1.29 is 9.84 Å². The molecule has 0 saturated heterocycles. The number of aromatic amines is 1. The van der Waals surface area contributed by atoms with Crippen LogP contribution in [0.3, 0.4) is 0 Å². The van der Waals surface area contributed by atoms with Gasteiger partial charge in [-0.25, -0.2) is 0 Å². The Labute approximate surface area is 192 Å². The summed E-state index contributed by atoms with van der Waals surface area (Å²) in [6.07, 6.45) is 6.43. The molecule has 4 aromatic rings. The van der Waals surface area contributed by atoms with Crippen LogP contribution in [0.4, 0.5) is 0 Å². The number of nitrogens with one attached hydrogen (secondary N) is 1. The van der Waals surface area contributed by atoms with E-state index in [4.69, 9.17) is 17.0 Å². The molecule has 2 aromatic heterocycles. The van der Waals surface area contributed by atoms with Crippen molar-refractivity contribution >= 4 is 23.1 Å². The number of methoxy groups -OCH3 is 1. The van der Waals surface area contributed by atoms with E-state index in [-0.39, 0.29) is 12.1 Å². The highest BCUT2D eigenvalue weighted by molar-refractivity contribution is 7.71. The highest BCUT2D eigenvalue weighted by Gasteiger charge is 2.36. The predicted molar refractivity (Wildman–Crippen MR) is 128 cm³/mol. The lowest BCUT2D eigenvalue weighted by molar-refractivity contribution is 0.309. The molecule has 1 unspecified atom stereocenters. The van der Waals surface area contributed by atoms with Gasteiger partial charge in [-0.05, 0) is 42.8 Å². The number of benzene rings is 2. The van der Waals surface area contributed by atoms with Crippen molar-refractivity contribution in [2.24, 2.45) is 0 Å². The zero-order valence-electron chi connectivity index (χ0n) is 18.2. The molecule has 164 valence electrons. The van der Waals surface area contributed by atoms with Gasteiger partial charge in [0.2, 0.25) is 5.88 Å². The molecular weight excluding hydrogens is 418 g/mol. The molecule has 3 heterocycles. The Morgan fingerprint density at radius 2 is 1.75 bits per heavy atom. The van der Waals surface area contributed by atoms with Crippen molar-refractivity contribution in [2.75, 3.05) is 7.11 Å². The molecule has 1 aliphatic carbocycles. The minimum Gasteiger partial charge on any atom is -0.496 e. The lowest BCUT2D eigenvalue weighted by Crippen LogP contribution is -2.22. The molecule has 1 aliphatic heterocycles. The molecular formula is C26H27N3O2S. The summed E-state index contributed by atoms with van der Waals surface area (Å²) in [4.78, 5) is 3.68. The first kappa shape index (κ1) is 19.7. The molecule has 2 N–H and O–H groups in total. The van der Waals surface area contributed by atoms with Crippen LogP contribution in [0.5, 0.6) is 11.6 Å². The molecule has 1 atom stereocenters. The summed E-state index contributed by atoms with van der Waals surface area (Å²) in [5.74, 6) is 1.15. The normalized spacial score (nSPS) is 18.5. The fraction of sp³-hybridized carbons (Fsp3) is 0.346. The second-order valence-electron chi connectivity index (χ2n) is 8.97. The molecule has 2 aliphatic rings. The summed E-state index contributed by atoms with van der Waals surface area (Å²) in [5.41, 5.74) is 5.39. The van der Waals surface area contributed by atoms with Crippen LogP contribution in [-0.4, -0.2) is 26.3 Å². The third-order valence-corrected chi connectivity index (χ3v) is 7.68. The van der Waals surface area contributed by atoms with Crippen molar-refractivity contribution in [3.8, 4) is 11.6 Å². The monoisotopic (exact) mass is 445 g/mol. The summed E-state index contributed by atoms with van der Waals surface area (Å²) in [6.45, 7) is 0. The van der Waals surface area contributed by atoms with E-state index in [1.807, 2.05) is 22.8 Å². The van der Waals surface area contributed by atoms with Crippen LogP contribution in [0.2, 0.25) is 0 Å². The van der Waals surface area contributed by atoms with Crippen LogP contribution in [0.25, 0.3) is 10.9 Å². The van der Waals surface area contributed by atoms with E-state index < -0.39 is 0 Å². The first-order valence-electron chi connectivity index (χ1n) is 11.5. The standard InChI is InChI=1S/C26H27N3O2S/c1-31-22-14-8-6-12-18(22)24-23-19(17-11-5-7-13-20(17)27-23)15-21-25(30)28(26(32)29(21)24)16-9-3-2-4-10-16/h5-8,11-14,16,24,27,30H,2-4,9-10,15H2,1H3. The summed E-state index contributed by atoms with van der Waals surface area (Å²) in [5, 5.41) is 12.7. The first-order chi connectivity index (χ1) is 15.7. The lowest BCUT2D eigenvalue weighted by Gasteiger charge is -2.28. The Morgan fingerprint density at radius 3 is 2.56 bits per heavy atom. The van der Waals surface area contributed by atoms with Gasteiger partial charge in [0.25, 0.3) is 0 Å². The number of H-pyrrole nitrogens is 1. The maximum Gasteiger partial charge on any atom is 0.214 e. The quantitative estimate of drug-likeness (QED) is 0.322. The maximum absolute atomic E-state index is 11.5. The Morgan fingerprint density at radius 1 is 1.00 bits per heavy atom. The van der Waals surface area contributed by atoms with E-state index in [1.165, 1.54) is 30.2 Å². The molecule has 6 rings (SSSR count). The van der Waals surface area contributed by atoms with Crippen LogP contribution in [0.1, 0.15) is 66.7 Å². The van der Waals surface area contributed by atoms with Gasteiger partial charge in [-0.2, -0.15) is 0 Å². The molecule has 1 fully saturated rings. The molecule has 0 bridgehead atoms. The summed E-state index contributed by atoms with van der Waals surface area (Å²) < 4.78 is 10.7. The molecule has 6 heteroatoms. The fourth-order valence-electron chi connectivity index (χ4n) is 5.80. The molecule has 0 radical (unpaired) electrons. The SMILES string of the molecule is COc1ccccc1C1c2[nH]c3ccccc3c2Cc2c(O)n(C3CCCCC3)c(=S)n21. The van der Waals surface area contributed by atoms with E-state index in [1.54, 1.807) is 7.11 Å². The number of aromatic hydroxyl groups is 1. The second-order valence-corrected chi connectivity index (χ2v) is 9.33. The van der Waals surface area contributed by atoms with Gasteiger partial charge in [-0.1, -0.05) is 55.7 Å². The predicted octanol–water partition coefficient (Wildman–Crippen LogP) is 6.26. The number of hydrogen-bond donors (Lipinski definition) is 2. The van der Waals surface area contributed by atoms with Crippen molar-refractivity contribution in [3.05, 3.63) is 75.8 Å². The smallest absolute Gasteiger partial charge is 0.214 e. The van der Waals surface area contributed by atoms with Gasteiger partial charge in [0, 0.05) is 34.6 Å². The van der Waals surface area contributed by atoms with E-state index in [2.05, 4.69) is 39.9 Å². The average molecular weight is 446 g/mol. The number of para-hydroxylation sites is 2. The summed E-state index contributed by atoms with van der Waals surface area (Å²) in [7, 11) is 1.71. The number of imidazole rings is 1. The Bertz CT molecular complexity index is 1370. The number of nitrogens with zero attached hydrogens (tertiary/aromatic N) is 2. The van der Waals surface area contributed by atoms with Gasteiger partial charge in [0.05, 0.1) is 12.8 Å². The van der Waals surface area contributed by atoms with E-state index in [9.17, 15) is 5.11 Å². The van der Waals surface area contributed by atoms with Gasteiger partial charge < -0.3 is 19.4 Å². The molecule has 2 aromatic carbocycles. The Balaban J connectivity index is 1.64. The molecule has 32 heavy (non-hydrogen) atoms. The highest BCUT2D eigenvalue weighted by atomic mass is 32.1. The Kier molecular flexibility index (Phi) is 4.65. The Hall–Kier alpha value is -2.99. The maximum atomic E-state index is 11.5. The fourth-order valence-corrected chi connectivity index (χ4v) is 6.25. The van der Waals surface area contributed by atoms with Crippen molar-refractivity contribution in [1.29, 1.82) is 0 Å². The van der Waals surface area contributed by atoms with Crippen LogP contribution in [0.15, 0.2) is 48.5 Å². The van der Waals surface area contributed by atoms with Crippen LogP contribution in [0, 0.1) is 4.77 Å². The van der Waals surface area contributed by atoms with E-state index in [0.717, 1.165) is 41.1 Å². The third-order valence-electron chi connectivity index (χ3n) is 7.29. The molecule has 5 nitrogen and oxygen atoms in total. The zero-order chi connectivity index (χ0) is 21.8. The number of rotatable bonds is 3. The molecule has 0 amide bonds. The van der Waals surface area contributed by atoms with E-state index in [0.29, 0.717) is 17.1 Å². The molecule has 1 saturated carbocycles. The minimum atomic E-state index is -0.180. The number of ether oxygens (including phenoxy) is 1. The van der Waals surface area contributed by atoms with Crippen molar-refractivity contribution in [1.82, 2.24) is 14.1 Å². The number of fused-ring (bicyclic) bond motifs is 4. The highest BCUT2D eigenvalue weighted by Crippen LogP contribution is 2.46. The van der Waals surface area contributed by atoms with Gasteiger partial charge in [-0.15, -0.1) is 0 Å². The minimum absolute atomic E-state index is 0.180. The average Bonchev–Trinajstić information content (AvgIpc) is 3.33. The van der Waals surface area contributed by atoms with Crippen molar-refractivity contribution in [2.45, 2.75) is 50.6 Å². The number of hydrogen-bond acceptors (Lipinski definition) is 3. The van der Waals surface area contributed by atoms with Crippen molar-refractivity contribution in [3.63, 3.8) is 0 Å². The summed E-state index contributed by atoms with van der Waals surface area (Å²) in [6, 6.07) is 16.6. The largest absolute Gasteiger partial charge is 0.496 e. The van der Waals surface area contributed by atoms with Gasteiger partial charge in [0.1, 0.15) is 11.8 Å². The van der Waals surface area contributed by atoms with Gasteiger partial charge in [0.15, 0.2) is 4.77 Å². The van der Waals surface area contributed by atoms with E-state index >= 15 is 0 Å². The lowest BCUT2D eigenvalue weighted by atomic mass is 9.92. The van der Waals surface area contributed by atoms with Crippen LogP contribution >= 0.6 is 12.2 Å². The van der Waals surface area contributed by atoms with Crippen LogP contribution < -0.4 is 4.74 Å². The zero-order valence-corrected chi connectivity index (χ0v) is 19.0. The van der Waals surface area contributed by atoms with Gasteiger partial charge >= 0.3 is 0 Å². The first-order valence-corrected chi connectivity index (χ1v) is 11.9. The third kappa shape index (κ3) is 2.78. The molecule has 0 spiro atoms. The van der Waals surface area contributed by atoms with Gasteiger partial charge in [-0.3, -0.25) is 4.57 Å². The second kappa shape index (κ2) is 7.55. The number of aromatic nitrogens is 3. The topological polar surface area (TPSA) is 55.1 Å². The van der Waals surface area contributed by atoms with Crippen LogP contribution in [-0.2, 0) is 6.42 Å². The summed E-state index contributed by atoms with van der Waals surface area (Å²) >= 11 is 6.06.